The van der Waals surface area contributed by atoms with Crippen LogP contribution >= 0.6 is 0 Å². The molecule has 4 rings (SSSR count). The van der Waals surface area contributed by atoms with Crippen LogP contribution in [-0.2, 0) is 0 Å². The van der Waals surface area contributed by atoms with Crippen molar-refractivity contribution in [3.05, 3.63) is 106 Å². The number of aromatic hydroxyl groups is 1. The van der Waals surface area contributed by atoms with Crippen LogP contribution in [0.1, 0.15) is 15.9 Å². The summed E-state index contributed by atoms with van der Waals surface area (Å²) < 4.78 is 1.59. The summed E-state index contributed by atoms with van der Waals surface area (Å²) in [6, 6.07) is 21.3. The van der Waals surface area contributed by atoms with Crippen LogP contribution in [0, 0.1) is 10.1 Å². The Morgan fingerprint density at radius 1 is 1.03 bits per heavy atom. The van der Waals surface area contributed by atoms with Crippen LogP contribution in [0.5, 0.6) is 5.75 Å². The predicted molar refractivity (Wildman–Crippen MR) is 119 cm³/mol. The highest BCUT2D eigenvalue weighted by Gasteiger charge is 2.12. The first-order valence-electron chi connectivity index (χ1n) is 9.53. The number of nitrogens with zero attached hydrogens (tertiary/aromatic N) is 4. The molecule has 9 heteroatoms. The fourth-order valence-electron chi connectivity index (χ4n) is 3.00. The first-order valence-corrected chi connectivity index (χ1v) is 9.53. The fraction of sp³-hybridized carbons (Fsp3) is 0. The standard InChI is InChI=1S/C23H17N5O4/c29-21-12-6-17(7-13-21)23(30)25-24-14-18-15-27(19-8-10-20(11-9-19)28(31)32)26-22(18)16-4-2-1-3-5-16/h1-15,29H,(H,25,30)/b24-14+. The van der Waals surface area contributed by atoms with Crippen LogP contribution in [0.15, 0.2) is 90.2 Å². The number of rotatable bonds is 6. The van der Waals surface area contributed by atoms with E-state index < -0.39 is 10.8 Å². The number of hydrogen-bond acceptors (Lipinski definition) is 6. The van der Waals surface area contributed by atoms with Crippen molar-refractivity contribution < 1.29 is 14.8 Å². The Kier molecular flexibility index (Phi) is 5.71. The minimum Gasteiger partial charge on any atom is -0.508 e. The Hall–Kier alpha value is -4.79. The van der Waals surface area contributed by atoms with Crippen LogP contribution in [0.4, 0.5) is 5.69 Å². The molecular formula is C23H17N5O4. The van der Waals surface area contributed by atoms with Gasteiger partial charge in [0.25, 0.3) is 11.6 Å². The van der Waals surface area contributed by atoms with Gasteiger partial charge in [-0.2, -0.15) is 10.2 Å². The number of aromatic nitrogens is 2. The van der Waals surface area contributed by atoms with Gasteiger partial charge in [-0.1, -0.05) is 30.3 Å². The van der Waals surface area contributed by atoms with Crippen molar-refractivity contribution in [2.75, 3.05) is 0 Å². The Morgan fingerprint density at radius 2 is 1.72 bits per heavy atom. The number of nitro benzene ring substituents is 1. The Bertz CT molecular complexity index is 1280. The number of benzene rings is 3. The highest BCUT2D eigenvalue weighted by Crippen LogP contribution is 2.23. The van der Waals surface area contributed by atoms with E-state index in [9.17, 15) is 20.0 Å². The second kappa shape index (κ2) is 8.92. The van der Waals surface area contributed by atoms with Crippen molar-refractivity contribution in [1.82, 2.24) is 15.2 Å². The highest BCUT2D eigenvalue weighted by molar-refractivity contribution is 5.95. The van der Waals surface area contributed by atoms with Gasteiger partial charge in [0.1, 0.15) is 11.4 Å². The summed E-state index contributed by atoms with van der Waals surface area (Å²) in [5.74, 6) is -0.360. The average molecular weight is 427 g/mol. The molecule has 32 heavy (non-hydrogen) atoms. The number of amides is 1. The number of carbonyl (C=O) groups excluding carboxylic acids is 1. The third-order valence-electron chi connectivity index (χ3n) is 4.61. The van der Waals surface area contributed by atoms with E-state index in [0.717, 1.165) is 5.56 Å². The number of nitrogens with one attached hydrogen (secondary N) is 1. The molecule has 158 valence electrons. The van der Waals surface area contributed by atoms with Gasteiger partial charge in [-0.05, 0) is 36.4 Å². The second-order valence-corrected chi connectivity index (χ2v) is 6.76. The van der Waals surface area contributed by atoms with Gasteiger partial charge in [0.15, 0.2) is 0 Å². The van der Waals surface area contributed by atoms with Crippen molar-refractivity contribution in [3.63, 3.8) is 0 Å². The lowest BCUT2D eigenvalue weighted by atomic mass is 10.1. The molecule has 0 aliphatic rings. The van der Waals surface area contributed by atoms with Gasteiger partial charge in [-0.3, -0.25) is 14.9 Å². The zero-order valence-corrected chi connectivity index (χ0v) is 16.6. The number of nitro groups is 1. The highest BCUT2D eigenvalue weighted by atomic mass is 16.6. The van der Waals surface area contributed by atoms with E-state index in [0.29, 0.717) is 22.5 Å². The molecule has 1 amide bonds. The van der Waals surface area contributed by atoms with Crippen LogP contribution in [0.25, 0.3) is 16.9 Å². The van der Waals surface area contributed by atoms with Crippen LogP contribution < -0.4 is 5.43 Å². The third-order valence-corrected chi connectivity index (χ3v) is 4.61. The van der Waals surface area contributed by atoms with E-state index in [4.69, 9.17) is 0 Å². The number of carbonyl (C=O) groups is 1. The summed E-state index contributed by atoms with van der Waals surface area (Å²) in [5, 5.41) is 28.9. The van der Waals surface area contributed by atoms with Gasteiger partial charge in [-0.25, -0.2) is 10.1 Å². The maximum absolute atomic E-state index is 12.2. The van der Waals surface area contributed by atoms with Crippen molar-refractivity contribution in [1.29, 1.82) is 0 Å². The summed E-state index contributed by atoms with van der Waals surface area (Å²) in [4.78, 5) is 22.7. The van der Waals surface area contributed by atoms with Gasteiger partial charge in [-0.15, -0.1) is 0 Å². The Labute approximate surface area is 182 Å². The lowest BCUT2D eigenvalue weighted by Gasteiger charge is -2.01. The monoisotopic (exact) mass is 427 g/mol. The van der Waals surface area contributed by atoms with E-state index in [2.05, 4.69) is 15.6 Å². The summed E-state index contributed by atoms with van der Waals surface area (Å²) >= 11 is 0. The molecule has 0 saturated heterocycles. The number of phenols is 1. The van der Waals surface area contributed by atoms with Gasteiger partial charge < -0.3 is 5.11 Å². The van der Waals surface area contributed by atoms with Crippen molar-refractivity contribution >= 4 is 17.8 Å². The molecule has 4 aromatic rings. The smallest absolute Gasteiger partial charge is 0.271 e. The first-order chi connectivity index (χ1) is 15.5. The second-order valence-electron chi connectivity index (χ2n) is 6.76. The lowest BCUT2D eigenvalue weighted by molar-refractivity contribution is -0.384. The minimum absolute atomic E-state index is 0.0112. The van der Waals surface area contributed by atoms with Crippen LogP contribution in [0.3, 0.4) is 0 Å². The summed E-state index contributed by atoms with van der Waals surface area (Å²) in [6.07, 6.45) is 3.20. The molecule has 0 bridgehead atoms. The quantitative estimate of drug-likeness (QED) is 0.274. The number of hydrazone groups is 1. The molecule has 0 fully saturated rings. The van der Waals surface area contributed by atoms with Gasteiger partial charge in [0.2, 0.25) is 0 Å². The zero-order chi connectivity index (χ0) is 22.5. The normalized spacial score (nSPS) is 10.9. The van der Waals surface area contributed by atoms with E-state index >= 15 is 0 Å². The van der Waals surface area contributed by atoms with Crippen molar-refractivity contribution in [3.8, 4) is 22.7 Å². The molecule has 0 saturated carbocycles. The summed E-state index contributed by atoms with van der Waals surface area (Å²) in [5.41, 5.74) is 5.55. The molecule has 9 nitrogen and oxygen atoms in total. The SMILES string of the molecule is O=C(N/N=C/c1cn(-c2ccc([N+](=O)[O-])cc2)nc1-c1ccccc1)c1ccc(O)cc1. The molecule has 0 aliphatic carbocycles. The molecule has 0 spiro atoms. The number of phenolic OH excluding ortho intramolecular Hbond substituents is 1. The molecule has 0 radical (unpaired) electrons. The van der Waals surface area contributed by atoms with Crippen molar-refractivity contribution in [2.24, 2.45) is 5.10 Å². The Balaban J connectivity index is 1.62. The molecule has 1 heterocycles. The van der Waals surface area contributed by atoms with E-state index in [1.54, 1.807) is 23.0 Å². The molecule has 0 unspecified atom stereocenters. The van der Waals surface area contributed by atoms with E-state index in [-0.39, 0.29) is 11.4 Å². The molecule has 1 aromatic heterocycles. The molecule has 3 aromatic carbocycles. The van der Waals surface area contributed by atoms with Gasteiger partial charge in [0.05, 0.1) is 16.8 Å². The number of hydrogen-bond donors (Lipinski definition) is 2. The molecule has 0 aliphatic heterocycles. The zero-order valence-electron chi connectivity index (χ0n) is 16.6. The maximum Gasteiger partial charge on any atom is 0.271 e. The number of non-ortho nitro benzene ring substituents is 1. The molecular weight excluding hydrogens is 410 g/mol. The summed E-state index contributed by atoms with van der Waals surface area (Å²) in [7, 11) is 0. The third kappa shape index (κ3) is 4.51. The average Bonchev–Trinajstić information content (AvgIpc) is 3.24. The largest absolute Gasteiger partial charge is 0.508 e. The predicted octanol–water partition coefficient (Wildman–Crippen LogP) is 3.92. The van der Waals surface area contributed by atoms with E-state index in [1.807, 2.05) is 30.3 Å². The van der Waals surface area contributed by atoms with Gasteiger partial charge >= 0.3 is 0 Å². The van der Waals surface area contributed by atoms with Crippen LogP contribution in [0.2, 0.25) is 0 Å². The molecule has 2 N–H and O–H groups in total. The van der Waals surface area contributed by atoms with Crippen LogP contribution in [-0.4, -0.2) is 31.9 Å². The van der Waals surface area contributed by atoms with Gasteiger partial charge in [0, 0.05) is 35.0 Å². The minimum atomic E-state index is -0.461. The molecule has 0 atom stereocenters. The Morgan fingerprint density at radius 3 is 2.38 bits per heavy atom. The van der Waals surface area contributed by atoms with E-state index in [1.165, 1.54) is 42.6 Å². The maximum atomic E-state index is 12.2. The van der Waals surface area contributed by atoms with Crippen molar-refractivity contribution in [2.45, 2.75) is 0 Å². The first kappa shape index (κ1) is 20.5. The lowest BCUT2D eigenvalue weighted by Crippen LogP contribution is -2.17. The summed E-state index contributed by atoms with van der Waals surface area (Å²) in [6.45, 7) is 0. The topological polar surface area (TPSA) is 123 Å². The fourth-order valence-corrected chi connectivity index (χ4v) is 3.00.